The van der Waals surface area contributed by atoms with Crippen LogP contribution in [0.1, 0.15) is 42.4 Å². The van der Waals surface area contributed by atoms with Gasteiger partial charge in [-0.1, -0.05) is 12.1 Å². The molecule has 5 rings (SSSR count). The predicted octanol–water partition coefficient (Wildman–Crippen LogP) is 3.74. The second-order valence-electron chi connectivity index (χ2n) is 9.84. The van der Waals surface area contributed by atoms with Gasteiger partial charge in [0.1, 0.15) is 5.56 Å². The zero-order chi connectivity index (χ0) is 27.1. The third kappa shape index (κ3) is 5.54. The molecule has 1 aromatic carbocycles. The van der Waals surface area contributed by atoms with Gasteiger partial charge in [0.25, 0.3) is 0 Å². The zero-order valence-corrected chi connectivity index (χ0v) is 22.0. The molecule has 3 aromatic rings. The van der Waals surface area contributed by atoms with E-state index >= 15 is 0 Å². The summed E-state index contributed by atoms with van der Waals surface area (Å²) in [4.78, 5) is 8.17. The van der Waals surface area contributed by atoms with Crippen LogP contribution in [0.2, 0.25) is 0 Å². The number of aromatic nitrogens is 4. The van der Waals surface area contributed by atoms with Gasteiger partial charge in [-0.15, -0.1) is 0 Å². The maximum absolute atomic E-state index is 13.9. The van der Waals surface area contributed by atoms with E-state index in [2.05, 4.69) is 25.7 Å². The molecule has 0 bridgehead atoms. The molecule has 2 fully saturated rings. The number of benzene rings is 1. The van der Waals surface area contributed by atoms with Gasteiger partial charge in [-0.25, -0.2) is 27.4 Å². The Balaban J connectivity index is 1.37. The fourth-order valence-corrected chi connectivity index (χ4v) is 6.63. The number of rotatable bonds is 8. The Kier molecular flexibility index (Phi) is 7.18. The Morgan fingerprint density at radius 2 is 1.84 bits per heavy atom. The van der Waals surface area contributed by atoms with Gasteiger partial charge in [0, 0.05) is 43.6 Å². The summed E-state index contributed by atoms with van der Waals surface area (Å²) < 4.78 is 69.6. The largest absolute Gasteiger partial charge is 0.419 e. The molecule has 9 nitrogen and oxygen atoms in total. The van der Waals surface area contributed by atoms with E-state index in [-0.39, 0.29) is 28.5 Å². The van der Waals surface area contributed by atoms with Crippen LogP contribution < -0.4 is 10.6 Å². The fourth-order valence-electron chi connectivity index (χ4n) is 4.76. The van der Waals surface area contributed by atoms with E-state index < -0.39 is 21.8 Å². The van der Waals surface area contributed by atoms with Gasteiger partial charge in [-0.2, -0.15) is 18.3 Å². The number of hydrogen-bond acceptors (Lipinski definition) is 7. The summed E-state index contributed by atoms with van der Waals surface area (Å²) in [5.41, 5.74) is 1.77. The Morgan fingerprint density at radius 3 is 2.47 bits per heavy atom. The summed E-state index contributed by atoms with van der Waals surface area (Å²) in [5.74, 6) is 0.0665. The standard InChI is InChI=1S/C25H30F3N7O2S/c1-16-11-17(12-29-2)3-6-22(16)35-15-18(13-31-35)23-21(25(26,27)28)14-30-24(33-23)32-19-7-9-34(10-8-19)38(36,37)20-4-5-20/h3,6,11,13-15,19-20,29H,4-5,7-10,12H2,1-2H3,(H,30,32,33). The molecular weight excluding hydrogens is 519 g/mol. The lowest BCUT2D eigenvalue weighted by Gasteiger charge is -2.31. The lowest BCUT2D eigenvalue weighted by molar-refractivity contribution is -0.137. The number of nitrogens with zero attached hydrogens (tertiary/aromatic N) is 5. The minimum Gasteiger partial charge on any atom is -0.351 e. The smallest absolute Gasteiger partial charge is 0.351 e. The van der Waals surface area contributed by atoms with Crippen LogP contribution >= 0.6 is 0 Å². The summed E-state index contributed by atoms with van der Waals surface area (Å²) >= 11 is 0. The summed E-state index contributed by atoms with van der Waals surface area (Å²) in [6.45, 7) is 3.35. The first-order valence-corrected chi connectivity index (χ1v) is 14.1. The van der Waals surface area contributed by atoms with Crippen molar-refractivity contribution < 1.29 is 21.6 Å². The quantitative estimate of drug-likeness (QED) is 0.441. The molecule has 1 saturated heterocycles. The van der Waals surface area contributed by atoms with E-state index in [4.69, 9.17) is 0 Å². The van der Waals surface area contributed by atoms with Gasteiger partial charge in [0.15, 0.2) is 0 Å². The van der Waals surface area contributed by atoms with Crippen molar-refractivity contribution in [2.24, 2.45) is 0 Å². The molecule has 3 heterocycles. The van der Waals surface area contributed by atoms with Crippen molar-refractivity contribution in [3.63, 3.8) is 0 Å². The highest BCUT2D eigenvalue weighted by atomic mass is 32.2. The Hall–Kier alpha value is -3.03. The average Bonchev–Trinajstić information content (AvgIpc) is 3.63. The number of anilines is 1. The van der Waals surface area contributed by atoms with Gasteiger partial charge < -0.3 is 10.6 Å². The molecule has 0 unspecified atom stereocenters. The maximum atomic E-state index is 13.9. The van der Waals surface area contributed by atoms with Crippen molar-refractivity contribution in [3.8, 4) is 16.9 Å². The molecule has 1 aliphatic heterocycles. The van der Waals surface area contributed by atoms with Gasteiger partial charge in [-0.05, 0) is 56.8 Å². The van der Waals surface area contributed by atoms with Crippen LogP contribution in [0.25, 0.3) is 16.9 Å². The van der Waals surface area contributed by atoms with E-state index in [0.29, 0.717) is 45.3 Å². The number of hydrogen-bond donors (Lipinski definition) is 2. The monoisotopic (exact) mass is 549 g/mol. The normalized spacial score (nSPS) is 17.6. The number of piperidine rings is 1. The highest BCUT2D eigenvalue weighted by molar-refractivity contribution is 7.90. The van der Waals surface area contributed by atoms with E-state index in [9.17, 15) is 21.6 Å². The minimum atomic E-state index is -4.65. The Morgan fingerprint density at radius 1 is 1.11 bits per heavy atom. The zero-order valence-electron chi connectivity index (χ0n) is 21.2. The van der Waals surface area contributed by atoms with Crippen LogP contribution in [-0.2, 0) is 22.7 Å². The third-order valence-corrected chi connectivity index (χ3v) is 9.33. The molecule has 2 aromatic heterocycles. The average molecular weight is 550 g/mol. The predicted molar refractivity (Wildman–Crippen MR) is 137 cm³/mol. The maximum Gasteiger partial charge on any atom is 0.419 e. The van der Waals surface area contributed by atoms with Crippen LogP contribution in [-0.4, -0.2) is 63.9 Å². The first-order valence-electron chi connectivity index (χ1n) is 12.6. The minimum absolute atomic E-state index is 0.0665. The van der Waals surface area contributed by atoms with E-state index in [1.165, 1.54) is 16.7 Å². The van der Waals surface area contributed by atoms with Gasteiger partial charge in [0.05, 0.1) is 22.8 Å². The first kappa shape index (κ1) is 26.6. The molecule has 0 radical (unpaired) electrons. The summed E-state index contributed by atoms with van der Waals surface area (Å²) in [7, 11) is -1.39. The SMILES string of the molecule is CNCc1ccc(-n2cc(-c3nc(NC4CCN(S(=O)(=O)C5CC5)CC4)ncc3C(F)(F)F)cn2)c(C)c1. The Bertz CT molecular complexity index is 1410. The van der Waals surface area contributed by atoms with Crippen molar-refractivity contribution in [3.05, 3.63) is 53.5 Å². The van der Waals surface area contributed by atoms with E-state index in [1.807, 2.05) is 32.2 Å². The molecule has 204 valence electrons. The molecule has 1 saturated carbocycles. The Labute approximate surface area is 219 Å². The van der Waals surface area contributed by atoms with Crippen molar-refractivity contribution >= 4 is 16.0 Å². The number of sulfonamides is 1. The molecule has 0 amide bonds. The lowest BCUT2D eigenvalue weighted by atomic mass is 10.1. The van der Waals surface area contributed by atoms with Crippen LogP contribution in [0.4, 0.5) is 19.1 Å². The number of aryl methyl sites for hydroxylation is 1. The molecule has 13 heteroatoms. The van der Waals surface area contributed by atoms with E-state index in [1.54, 1.807) is 4.68 Å². The topological polar surface area (TPSA) is 105 Å². The van der Waals surface area contributed by atoms with Gasteiger partial charge >= 0.3 is 6.18 Å². The lowest BCUT2D eigenvalue weighted by Crippen LogP contribution is -2.43. The molecule has 1 aliphatic carbocycles. The van der Waals surface area contributed by atoms with Crippen LogP contribution in [0.15, 0.2) is 36.8 Å². The number of nitrogens with one attached hydrogen (secondary N) is 2. The summed E-state index contributed by atoms with van der Waals surface area (Å²) in [6, 6.07) is 5.68. The molecule has 38 heavy (non-hydrogen) atoms. The van der Waals surface area contributed by atoms with Gasteiger partial charge in [-0.3, -0.25) is 0 Å². The molecule has 2 N–H and O–H groups in total. The van der Waals surface area contributed by atoms with E-state index in [0.717, 1.165) is 23.0 Å². The van der Waals surface area contributed by atoms with Gasteiger partial charge in [0.2, 0.25) is 16.0 Å². The second-order valence-corrected chi connectivity index (χ2v) is 12.1. The van der Waals surface area contributed by atoms with Crippen molar-refractivity contribution in [1.82, 2.24) is 29.4 Å². The molecule has 2 aliphatic rings. The highest BCUT2D eigenvalue weighted by Gasteiger charge is 2.41. The third-order valence-electron chi connectivity index (χ3n) is 6.93. The van der Waals surface area contributed by atoms with Crippen molar-refractivity contribution in [1.29, 1.82) is 0 Å². The van der Waals surface area contributed by atoms with Crippen LogP contribution in [0, 0.1) is 6.92 Å². The number of halogens is 3. The fraction of sp³-hybridized carbons (Fsp3) is 0.480. The molecule has 0 spiro atoms. The summed E-state index contributed by atoms with van der Waals surface area (Å²) in [5, 5.41) is 10.2. The first-order chi connectivity index (χ1) is 18.1. The second kappa shape index (κ2) is 10.3. The van der Waals surface area contributed by atoms with Crippen molar-refractivity contribution in [2.45, 2.75) is 56.6 Å². The molecular formula is C25H30F3N7O2S. The van der Waals surface area contributed by atoms with Crippen LogP contribution in [0.3, 0.4) is 0 Å². The van der Waals surface area contributed by atoms with Crippen molar-refractivity contribution in [2.75, 3.05) is 25.5 Å². The van der Waals surface area contributed by atoms with Crippen LogP contribution in [0.5, 0.6) is 0 Å². The highest BCUT2D eigenvalue weighted by Crippen LogP contribution is 2.37. The summed E-state index contributed by atoms with van der Waals surface area (Å²) in [6.07, 6.45) is 1.49. The number of alkyl halides is 3. The molecule has 0 atom stereocenters.